The fourth-order valence-electron chi connectivity index (χ4n) is 2.54. The lowest BCUT2D eigenvalue weighted by Crippen LogP contribution is -2.37. The summed E-state index contributed by atoms with van der Waals surface area (Å²) < 4.78 is 1.55. The number of ketones is 1. The van der Waals surface area contributed by atoms with Crippen LogP contribution in [0.2, 0.25) is 0 Å². The molecule has 0 aliphatic heterocycles. The summed E-state index contributed by atoms with van der Waals surface area (Å²) in [6.07, 6.45) is 7.19. The first-order valence-electron chi connectivity index (χ1n) is 7.42. The number of amides is 1. The van der Waals surface area contributed by atoms with E-state index in [1.807, 2.05) is 36.4 Å². The highest BCUT2D eigenvalue weighted by Crippen LogP contribution is 2.17. The molecule has 2 N–H and O–H groups in total. The first-order chi connectivity index (χ1) is 11.2. The molecule has 2 aromatic rings. The molecule has 3 rings (SSSR count). The van der Waals surface area contributed by atoms with Gasteiger partial charge in [-0.3, -0.25) is 9.59 Å². The quantitative estimate of drug-likeness (QED) is 0.492. The third-order valence-electron chi connectivity index (χ3n) is 3.80. The van der Waals surface area contributed by atoms with E-state index in [0.29, 0.717) is 6.42 Å². The smallest absolute Gasteiger partial charge is 0.292 e. The van der Waals surface area contributed by atoms with Gasteiger partial charge in [0.1, 0.15) is 0 Å². The first kappa shape index (κ1) is 15.2. The lowest BCUT2D eigenvalue weighted by atomic mass is 10.1. The van der Waals surface area contributed by atoms with E-state index in [1.54, 1.807) is 10.8 Å². The molecule has 1 amide bonds. The summed E-state index contributed by atoms with van der Waals surface area (Å²) in [4.78, 5) is 24.2. The maximum atomic E-state index is 12.2. The maximum Gasteiger partial charge on any atom is 0.292 e. The number of hydrogen-bond acceptors (Lipinski definition) is 4. The van der Waals surface area contributed by atoms with Gasteiger partial charge in [0.2, 0.25) is 0 Å². The van der Waals surface area contributed by atoms with Gasteiger partial charge in [-0.15, -0.1) is 0 Å². The van der Waals surface area contributed by atoms with E-state index in [2.05, 4.69) is 10.4 Å². The van der Waals surface area contributed by atoms with Gasteiger partial charge in [0.05, 0.1) is 17.4 Å². The molecule has 0 radical (unpaired) electrons. The molecule has 0 fully saturated rings. The van der Waals surface area contributed by atoms with Gasteiger partial charge in [0.25, 0.3) is 11.7 Å². The predicted octanol–water partition coefficient (Wildman–Crippen LogP) is 1.11. The molecule has 23 heavy (non-hydrogen) atoms. The second kappa shape index (κ2) is 6.58. The number of nitrogens with zero attached hydrogens (tertiary/aromatic N) is 2. The van der Waals surface area contributed by atoms with Crippen molar-refractivity contribution in [2.75, 3.05) is 6.61 Å². The second-order valence-corrected chi connectivity index (χ2v) is 5.48. The fourth-order valence-corrected chi connectivity index (χ4v) is 2.54. The van der Waals surface area contributed by atoms with Crippen molar-refractivity contribution in [1.82, 2.24) is 15.1 Å². The molecule has 1 heterocycles. The minimum atomic E-state index is -0.661. The van der Waals surface area contributed by atoms with Crippen LogP contribution in [0.25, 0.3) is 5.69 Å². The summed E-state index contributed by atoms with van der Waals surface area (Å²) in [5.41, 5.74) is 1.06. The zero-order chi connectivity index (χ0) is 16.2. The number of para-hydroxylation sites is 1. The Bertz CT molecular complexity index is 737. The topological polar surface area (TPSA) is 84.2 Å². The van der Waals surface area contributed by atoms with E-state index in [9.17, 15) is 9.59 Å². The number of carbonyl (C=O) groups is 2. The molecule has 1 aliphatic carbocycles. The van der Waals surface area contributed by atoms with Gasteiger partial charge in [-0.05, 0) is 18.6 Å². The molecule has 6 nitrogen and oxygen atoms in total. The van der Waals surface area contributed by atoms with Crippen molar-refractivity contribution < 1.29 is 14.7 Å². The molecule has 0 bridgehead atoms. The number of Topliss-reactive ketones (excluding diaryl/α,β-unsaturated/α-hetero) is 1. The lowest BCUT2D eigenvalue weighted by Gasteiger charge is -2.11. The third kappa shape index (κ3) is 3.37. The summed E-state index contributed by atoms with van der Waals surface area (Å²) in [5, 5.41) is 15.9. The third-order valence-corrected chi connectivity index (χ3v) is 3.80. The Morgan fingerprint density at radius 1 is 1.26 bits per heavy atom. The van der Waals surface area contributed by atoms with Crippen molar-refractivity contribution in [2.45, 2.75) is 12.5 Å². The molecular weight excluding hydrogens is 294 g/mol. The van der Waals surface area contributed by atoms with Crippen LogP contribution in [0.5, 0.6) is 0 Å². The molecule has 1 aromatic carbocycles. The lowest BCUT2D eigenvalue weighted by molar-refractivity contribution is -0.117. The number of rotatable bonds is 5. The Hall–Kier alpha value is -2.73. The van der Waals surface area contributed by atoms with E-state index >= 15 is 0 Å². The number of benzene rings is 1. The van der Waals surface area contributed by atoms with Crippen LogP contribution in [0.3, 0.4) is 0 Å². The van der Waals surface area contributed by atoms with E-state index in [4.69, 9.17) is 5.11 Å². The Morgan fingerprint density at radius 2 is 2.04 bits per heavy atom. The van der Waals surface area contributed by atoms with Crippen LogP contribution in [-0.2, 0) is 4.79 Å². The average Bonchev–Trinajstić information content (AvgIpc) is 3.24. The molecule has 1 aliphatic rings. The van der Waals surface area contributed by atoms with Crippen LogP contribution in [0.15, 0.2) is 54.9 Å². The van der Waals surface area contributed by atoms with Crippen LogP contribution >= 0.6 is 0 Å². The van der Waals surface area contributed by atoms with Gasteiger partial charge in [-0.25, -0.2) is 4.68 Å². The standard InChI is InChI=1S/C17H17N3O3/c21-11-12-6-7-14(8-12)19-17(23)16(22)13-9-18-20(10-13)15-4-2-1-3-5-15/h1-7,9-10,12,14,21H,8,11H2,(H,19,23)/t12-,14+/m0/s1. The second-order valence-electron chi connectivity index (χ2n) is 5.48. The molecular formula is C17H17N3O3. The van der Waals surface area contributed by atoms with Crippen molar-refractivity contribution in [2.24, 2.45) is 5.92 Å². The maximum absolute atomic E-state index is 12.2. The highest BCUT2D eigenvalue weighted by atomic mass is 16.3. The molecule has 1 aromatic heterocycles. The summed E-state index contributed by atoms with van der Waals surface area (Å²) >= 11 is 0. The Labute approximate surface area is 133 Å². The van der Waals surface area contributed by atoms with Crippen molar-refractivity contribution in [3.8, 4) is 5.69 Å². The Kier molecular flexibility index (Phi) is 4.34. The minimum Gasteiger partial charge on any atom is -0.396 e. The van der Waals surface area contributed by atoms with E-state index in [0.717, 1.165) is 5.69 Å². The number of aliphatic hydroxyl groups excluding tert-OH is 1. The largest absolute Gasteiger partial charge is 0.396 e. The monoisotopic (exact) mass is 311 g/mol. The molecule has 6 heteroatoms. The molecule has 0 saturated heterocycles. The summed E-state index contributed by atoms with van der Waals surface area (Å²) in [6, 6.07) is 9.14. The van der Waals surface area contributed by atoms with Gasteiger partial charge in [0.15, 0.2) is 0 Å². The normalized spacial score (nSPS) is 19.7. The van der Waals surface area contributed by atoms with Gasteiger partial charge >= 0.3 is 0 Å². The minimum absolute atomic E-state index is 0.0382. The summed E-state index contributed by atoms with van der Waals surface area (Å²) in [6.45, 7) is 0.0423. The first-order valence-corrected chi connectivity index (χ1v) is 7.42. The zero-order valence-electron chi connectivity index (χ0n) is 12.4. The van der Waals surface area contributed by atoms with Crippen LogP contribution < -0.4 is 5.32 Å². The number of hydrogen-bond donors (Lipinski definition) is 2. The fraction of sp³-hybridized carbons (Fsp3) is 0.235. The summed E-state index contributed by atoms with van der Waals surface area (Å²) in [7, 11) is 0. The molecule has 2 atom stereocenters. The van der Waals surface area contributed by atoms with Gasteiger partial charge in [-0.1, -0.05) is 30.4 Å². The Balaban J connectivity index is 1.65. The van der Waals surface area contributed by atoms with E-state index in [1.165, 1.54) is 12.4 Å². The van der Waals surface area contributed by atoms with E-state index < -0.39 is 11.7 Å². The van der Waals surface area contributed by atoms with E-state index in [-0.39, 0.29) is 24.1 Å². The molecule has 0 spiro atoms. The van der Waals surface area contributed by atoms with Crippen LogP contribution in [0, 0.1) is 5.92 Å². The Morgan fingerprint density at radius 3 is 2.74 bits per heavy atom. The highest BCUT2D eigenvalue weighted by Gasteiger charge is 2.24. The van der Waals surface area contributed by atoms with Crippen molar-refractivity contribution in [3.63, 3.8) is 0 Å². The van der Waals surface area contributed by atoms with Crippen LogP contribution in [0.4, 0.5) is 0 Å². The summed E-state index contributed by atoms with van der Waals surface area (Å²) in [5.74, 6) is -1.24. The number of aromatic nitrogens is 2. The molecule has 0 saturated carbocycles. The van der Waals surface area contributed by atoms with Crippen molar-refractivity contribution >= 4 is 11.7 Å². The zero-order valence-corrected chi connectivity index (χ0v) is 12.4. The SMILES string of the molecule is O=C(N[C@@H]1C=C[C@H](CO)C1)C(=O)c1cnn(-c2ccccc2)c1. The van der Waals surface area contributed by atoms with Crippen molar-refractivity contribution in [3.05, 3.63) is 60.4 Å². The van der Waals surface area contributed by atoms with Gasteiger partial charge < -0.3 is 10.4 Å². The molecule has 118 valence electrons. The molecule has 0 unspecified atom stereocenters. The van der Waals surface area contributed by atoms with Crippen LogP contribution in [0.1, 0.15) is 16.8 Å². The average molecular weight is 311 g/mol. The van der Waals surface area contributed by atoms with Gasteiger partial charge in [-0.2, -0.15) is 5.10 Å². The predicted molar refractivity (Wildman–Crippen MR) is 84.2 cm³/mol. The number of nitrogens with one attached hydrogen (secondary N) is 1. The number of carbonyl (C=O) groups excluding carboxylic acids is 2. The van der Waals surface area contributed by atoms with Crippen molar-refractivity contribution in [1.29, 1.82) is 0 Å². The highest BCUT2D eigenvalue weighted by molar-refractivity contribution is 6.42. The van der Waals surface area contributed by atoms with Crippen LogP contribution in [-0.4, -0.2) is 39.2 Å². The van der Waals surface area contributed by atoms with Gasteiger partial charge in [0, 0.05) is 24.8 Å². The number of aliphatic hydroxyl groups is 1.